The molecule has 1 aliphatic rings. The van der Waals surface area contributed by atoms with Crippen molar-refractivity contribution >= 4 is 34.7 Å². The Morgan fingerprint density at radius 3 is 1.65 bits per heavy atom. The summed E-state index contributed by atoms with van der Waals surface area (Å²) in [7, 11) is 0. The summed E-state index contributed by atoms with van der Waals surface area (Å²) >= 11 is 0. The third-order valence-corrected chi connectivity index (χ3v) is 10.1. The van der Waals surface area contributed by atoms with Gasteiger partial charge >= 0.3 is 0 Å². The molecule has 6 nitrogen and oxygen atoms in total. The van der Waals surface area contributed by atoms with E-state index >= 15 is 0 Å². The molecule has 246 valence electrons. The average molecular weight is 645 g/mol. The SMILES string of the molecule is CCC(C)(C)c1ccc(N(C2=CC=C=C=N2)c2ccc(-c3ccc(N(c4ccccn4)c4ccc(C(C)(CC)CC)cn4)cc3)cc2)nc1. The van der Waals surface area contributed by atoms with Crippen LogP contribution in [0.5, 0.6) is 0 Å². The van der Waals surface area contributed by atoms with E-state index in [1.807, 2.05) is 53.8 Å². The number of allylic oxidation sites excluding steroid dienone is 2. The molecule has 5 aromatic rings. The Labute approximate surface area is 290 Å². The normalized spacial score (nSPS) is 12.6. The standard InChI is InChI=1S/C43H44N6/c1-7-42(4,5)34-20-26-40(46-30-34)48(38-14-10-12-28-44-38)36-22-16-32(17-23-36)33-18-24-37(25-19-33)49(39-15-11-13-29-45-39)41-27-21-35(31-47-41)43(6,8-2)9-3/h10-11,13-27,29-31H,7-9H2,1-6H3. The Bertz CT molecular complexity index is 1990. The molecule has 0 fully saturated rings. The summed E-state index contributed by atoms with van der Waals surface area (Å²) in [5, 5.41) is 0. The van der Waals surface area contributed by atoms with Crippen molar-refractivity contribution in [1.82, 2.24) is 15.0 Å². The van der Waals surface area contributed by atoms with Gasteiger partial charge in [-0.05, 0) is 119 Å². The molecule has 0 N–H and O–H groups in total. The van der Waals surface area contributed by atoms with Crippen LogP contribution in [0, 0.1) is 0 Å². The van der Waals surface area contributed by atoms with Crippen LogP contribution in [0.1, 0.15) is 71.9 Å². The van der Waals surface area contributed by atoms with Crippen molar-refractivity contribution in [1.29, 1.82) is 0 Å². The van der Waals surface area contributed by atoms with Gasteiger partial charge in [-0.3, -0.25) is 9.80 Å². The summed E-state index contributed by atoms with van der Waals surface area (Å²) in [4.78, 5) is 23.1. The van der Waals surface area contributed by atoms with E-state index in [4.69, 9.17) is 9.97 Å². The Morgan fingerprint density at radius 1 is 0.592 bits per heavy atom. The zero-order chi connectivity index (χ0) is 34.4. The van der Waals surface area contributed by atoms with Crippen LogP contribution in [0.4, 0.5) is 28.8 Å². The fourth-order valence-electron chi connectivity index (χ4n) is 5.92. The average Bonchev–Trinajstić information content (AvgIpc) is 3.17. The van der Waals surface area contributed by atoms with Gasteiger partial charge in [-0.1, -0.05) is 84.0 Å². The Hall–Kier alpha value is -5.54. The second kappa shape index (κ2) is 14.3. The first kappa shape index (κ1) is 33.4. The predicted octanol–water partition coefficient (Wildman–Crippen LogP) is 11.1. The number of pyridine rings is 3. The molecule has 4 heterocycles. The Balaban J connectivity index is 1.29. The molecule has 0 saturated heterocycles. The van der Waals surface area contributed by atoms with E-state index in [2.05, 4.69) is 141 Å². The van der Waals surface area contributed by atoms with E-state index in [0.717, 1.165) is 65.0 Å². The largest absolute Gasteiger partial charge is 0.279 e. The molecule has 0 amide bonds. The van der Waals surface area contributed by atoms with E-state index in [-0.39, 0.29) is 10.8 Å². The molecule has 6 rings (SSSR count). The number of aromatic nitrogens is 3. The van der Waals surface area contributed by atoms with E-state index in [0.29, 0.717) is 0 Å². The first-order valence-corrected chi connectivity index (χ1v) is 17.2. The second-order valence-corrected chi connectivity index (χ2v) is 13.3. The second-order valence-electron chi connectivity index (χ2n) is 13.3. The van der Waals surface area contributed by atoms with Gasteiger partial charge in [-0.2, -0.15) is 4.99 Å². The molecule has 0 aliphatic carbocycles. The molecule has 0 atom stereocenters. The molecule has 0 unspecified atom stereocenters. The van der Waals surface area contributed by atoms with E-state index in [9.17, 15) is 0 Å². The highest BCUT2D eigenvalue weighted by atomic mass is 15.3. The van der Waals surface area contributed by atoms with Crippen LogP contribution in [-0.2, 0) is 10.8 Å². The fraction of sp³-hybridized carbons (Fsp3) is 0.256. The van der Waals surface area contributed by atoms with Crippen molar-refractivity contribution in [3.63, 3.8) is 0 Å². The number of hydrogen-bond donors (Lipinski definition) is 0. The number of rotatable bonds is 12. The summed E-state index contributed by atoms with van der Waals surface area (Å²) < 4.78 is 0. The van der Waals surface area contributed by atoms with Crippen molar-refractivity contribution in [2.24, 2.45) is 4.99 Å². The molecule has 0 spiro atoms. The van der Waals surface area contributed by atoms with Crippen molar-refractivity contribution < 1.29 is 0 Å². The van der Waals surface area contributed by atoms with Gasteiger partial charge in [0.2, 0.25) is 0 Å². The maximum atomic E-state index is 4.94. The third-order valence-electron chi connectivity index (χ3n) is 10.1. The van der Waals surface area contributed by atoms with Gasteiger partial charge in [-0.15, -0.1) is 0 Å². The van der Waals surface area contributed by atoms with Crippen molar-refractivity contribution in [2.45, 2.75) is 71.6 Å². The maximum absolute atomic E-state index is 4.94. The maximum Gasteiger partial charge on any atom is 0.149 e. The minimum absolute atomic E-state index is 0.0580. The summed E-state index contributed by atoms with van der Waals surface area (Å²) in [6.45, 7) is 13.5. The third kappa shape index (κ3) is 7.03. The van der Waals surface area contributed by atoms with Crippen LogP contribution in [0.2, 0.25) is 0 Å². The number of nitrogens with zero attached hydrogens (tertiary/aromatic N) is 6. The van der Waals surface area contributed by atoms with Crippen LogP contribution < -0.4 is 9.80 Å². The van der Waals surface area contributed by atoms with Gasteiger partial charge in [-0.25, -0.2) is 15.0 Å². The van der Waals surface area contributed by atoms with Crippen LogP contribution in [0.25, 0.3) is 11.1 Å². The minimum atomic E-state index is 0.0580. The topological polar surface area (TPSA) is 57.5 Å². The van der Waals surface area contributed by atoms with E-state index in [1.165, 1.54) is 11.1 Å². The zero-order valence-corrected chi connectivity index (χ0v) is 29.4. The number of benzene rings is 2. The Kier molecular flexibility index (Phi) is 9.73. The molecule has 1 aliphatic heterocycles. The highest BCUT2D eigenvalue weighted by Crippen LogP contribution is 2.37. The fourth-order valence-corrected chi connectivity index (χ4v) is 5.92. The highest BCUT2D eigenvalue weighted by Gasteiger charge is 2.24. The lowest BCUT2D eigenvalue weighted by Gasteiger charge is -2.28. The Morgan fingerprint density at radius 2 is 1.16 bits per heavy atom. The summed E-state index contributed by atoms with van der Waals surface area (Å²) in [5.74, 6) is 6.04. The van der Waals surface area contributed by atoms with Crippen molar-refractivity contribution in [2.75, 3.05) is 9.80 Å². The van der Waals surface area contributed by atoms with Crippen LogP contribution >= 0.6 is 0 Å². The molecule has 0 radical (unpaired) electrons. The van der Waals surface area contributed by atoms with Gasteiger partial charge < -0.3 is 0 Å². The van der Waals surface area contributed by atoms with E-state index in [1.54, 1.807) is 0 Å². The first-order chi connectivity index (χ1) is 23.8. The number of hydrogen-bond acceptors (Lipinski definition) is 6. The number of anilines is 5. The number of aliphatic imine (C=N–C) groups is 1. The molecule has 49 heavy (non-hydrogen) atoms. The molecular weight excluding hydrogens is 601 g/mol. The smallest absolute Gasteiger partial charge is 0.149 e. The minimum Gasteiger partial charge on any atom is -0.279 e. The summed E-state index contributed by atoms with van der Waals surface area (Å²) in [5.41, 5.74) is 9.71. The van der Waals surface area contributed by atoms with Gasteiger partial charge in [0, 0.05) is 35.8 Å². The molecule has 6 heteroatoms. The molecule has 2 aromatic carbocycles. The molecule has 3 aromatic heterocycles. The van der Waals surface area contributed by atoms with Crippen molar-refractivity contribution in [3.05, 3.63) is 144 Å². The summed E-state index contributed by atoms with van der Waals surface area (Å²) in [6, 6.07) is 31.6. The molecule has 0 bridgehead atoms. The first-order valence-electron chi connectivity index (χ1n) is 17.2. The lowest BCUT2D eigenvalue weighted by molar-refractivity contribution is 0.437. The predicted molar refractivity (Wildman–Crippen MR) is 203 cm³/mol. The van der Waals surface area contributed by atoms with E-state index < -0.39 is 0 Å². The van der Waals surface area contributed by atoms with Gasteiger partial charge in [0.25, 0.3) is 0 Å². The van der Waals surface area contributed by atoms with Gasteiger partial charge in [0.05, 0.1) is 0 Å². The van der Waals surface area contributed by atoms with Crippen LogP contribution in [-0.4, -0.2) is 20.8 Å². The van der Waals surface area contributed by atoms with Gasteiger partial charge in [0.15, 0.2) is 0 Å². The zero-order valence-electron chi connectivity index (χ0n) is 29.4. The van der Waals surface area contributed by atoms with Crippen molar-refractivity contribution in [3.8, 4) is 11.1 Å². The lowest BCUT2D eigenvalue weighted by Crippen LogP contribution is -2.20. The molecular formula is C43H44N6. The lowest BCUT2D eigenvalue weighted by atomic mass is 9.79. The van der Waals surface area contributed by atoms with Crippen LogP contribution in [0.3, 0.4) is 0 Å². The quantitative estimate of drug-likeness (QED) is 0.127. The monoisotopic (exact) mass is 644 g/mol. The highest BCUT2D eigenvalue weighted by molar-refractivity contribution is 5.76. The van der Waals surface area contributed by atoms with Crippen LogP contribution in [0.15, 0.2) is 138 Å². The summed E-state index contributed by atoms with van der Waals surface area (Å²) in [6.07, 6.45) is 12.7. The van der Waals surface area contributed by atoms with Gasteiger partial charge in [0.1, 0.15) is 23.3 Å². The molecule has 0 saturated carbocycles.